The summed E-state index contributed by atoms with van der Waals surface area (Å²) in [5.74, 6) is -0.393. The first-order chi connectivity index (χ1) is 12.9. The quantitative estimate of drug-likeness (QED) is 0.707. The zero-order valence-corrected chi connectivity index (χ0v) is 15.8. The first-order valence-corrected chi connectivity index (χ1v) is 8.79. The van der Waals surface area contributed by atoms with E-state index in [1.807, 2.05) is 44.2 Å². The summed E-state index contributed by atoms with van der Waals surface area (Å²) in [6.07, 6.45) is 0.195. The standard InChI is InChI=1S/C21H25NO5/c1-14(2)13-27-19-12-16(26-3)9-10-17(19)20(23)22-18(21(24)25)11-15-7-5-4-6-8-15/h4-10,12,14,18H,11,13H2,1-3H3,(H,22,23)(H,24,25). The monoisotopic (exact) mass is 371 g/mol. The number of carbonyl (C=O) groups excluding carboxylic acids is 1. The summed E-state index contributed by atoms with van der Waals surface area (Å²) in [4.78, 5) is 24.3. The molecule has 2 N–H and O–H groups in total. The molecule has 2 aromatic carbocycles. The molecule has 0 aliphatic heterocycles. The van der Waals surface area contributed by atoms with Crippen molar-refractivity contribution in [3.05, 3.63) is 59.7 Å². The molecule has 144 valence electrons. The number of carboxylic acid groups (broad SMARTS) is 1. The van der Waals surface area contributed by atoms with Gasteiger partial charge in [-0.2, -0.15) is 0 Å². The lowest BCUT2D eigenvalue weighted by molar-refractivity contribution is -0.139. The van der Waals surface area contributed by atoms with Gasteiger partial charge in [0.1, 0.15) is 17.5 Å². The third kappa shape index (κ3) is 6.02. The maximum atomic E-state index is 12.7. The van der Waals surface area contributed by atoms with Crippen LogP contribution in [0.2, 0.25) is 0 Å². The first-order valence-electron chi connectivity index (χ1n) is 8.79. The molecular weight excluding hydrogens is 346 g/mol. The minimum Gasteiger partial charge on any atom is -0.497 e. The average Bonchev–Trinajstić information content (AvgIpc) is 2.66. The van der Waals surface area contributed by atoms with Crippen LogP contribution >= 0.6 is 0 Å². The van der Waals surface area contributed by atoms with Crippen LogP contribution in [0, 0.1) is 5.92 Å². The van der Waals surface area contributed by atoms with Crippen LogP contribution in [0.25, 0.3) is 0 Å². The second-order valence-corrected chi connectivity index (χ2v) is 6.62. The highest BCUT2D eigenvalue weighted by molar-refractivity contribution is 5.99. The van der Waals surface area contributed by atoms with Crippen LogP contribution in [-0.2, 0) is 11.2 Å². The summed E-state index contributed by atoms with van der Waals surface area (Å²) in [5, 5.41) is 12.1. The summed E-state index contributed by atoms with van der Waals surface area (Å²) in [7, 11) is 1.53. The number of carboxylic acids is 1. The third-order valence-electron chi connectivity index (χ3n) is 3.89. The number of ether oxygens (including phenoxy) is 2. The van der Waals surface area contributed by atoms with E-state index in [0.29, 0.717) is 18.1 Å². The molecule has 2 aromatic rings. The predicted octanol–water partition coefficient (Wildman–Crippen LogP) is 3.16. The van der Waals surface area contributed by atoms with Crippen molar-refractivity contribution >= 4 is 11.9 Å². The zero-order valence-electron chi connectivity index (χ0n) is 15.8. The molecule has 0 fully saturated rings. The summed E-state index contributed by atoms with van der Waals surface area (Å²) >= 11 is 0. The molecule has 6 heteroatoms. The Hall–Kier alpha value is -3.02. The van der Waals surface area contributed by atoms with Gasteiger partial charge in [0, 0.05) is 12.5 Å². The molecule has 0 aromatic heterocycles. The fourth-order valence-corrected chi connectivity index (χ4v) is 2.48. The lowest BCUT2D eigenvalue weighted by Crippen LogP contribution is -2.42. The number of rotatable bonds is 9. The fraction of sp³-hybridized carbons (Fsp3) is 0.333. The van der Waals surface area contributed by atoms with E-state index in [1.54, 1.807) is 18.2 Å². The molecule has 0 aliphatic rings. The van der Waals surface area contributed by atoms with Gasteiger partial charge in [-0.1, -0.05) is 44.2 Å². The molecule has 0 saturated carbocycles. The van der Waals surface area contributed by atoms with Gasteiger partial charge in [-0.05, 0) is 23.6 Å². The summed E-state index contributed by atoms with van der Waals surface area (Å²) < 4.78 is 10.9. The number of benzene rings is 2. The van der Waals surface area contributed by atoms with Crippen molar-refractivity contribution in [2.45, 2.75) is 26.3 Å². The number of hydrogen-bond acceptors (Lipinski definition) is 4. The van der Waals surface area contributed by atoms with E-state index in [1.165, 1.54) is 7.11 Å². The largest absolute Gasteiger partial charge is 0.497 e. The molecule has 0 bridgehead atoms. The molecule has 1 atom stereocenters. The van der Waals surface area contributed by atoms with Crippen LogP contribution in [0.3, 0.4) is 0 Å². The van der Waals surface area contributed by atoms with Gasteiger partial charge in [0.15, 0.2) is 0 Å². The van der Waals surface area contributed by atoms with Crippen molar-refractivity contribution in [1.82, 2.24) is 5.32 Å². The maximum Gasteiger partial charge on any atom is 0.326 e. The molecular formula is C21H25NO5. The van der Waals surface area contributed by atoms with E-state index in [9.17, 15) is 14.7 Å². The Balaban J connectivity index is 2.20. The Bertz CT molecular complexity index is 773. The van der Waals surface area contributed by atoms with Gasteiger partial charge in [-0.25, -0.2) is 4.79 Å². The van der Waals surface area contributed by atoms with E-state index in [4.69, 9.17) is 9.47 Å². The molecule has 6 nitrogen and oxygen atoms in total. The molecule has 0 heterocycles. The molecule has 2 rings (SSSR count). The maximum absolute atomic E-state index is 12.7. The highest BCUT2D eigenvalue weighted by Crippen LogP contribution is 2.25. The smallest absolute Gasteiger partial charge is 0.326 e. The number of aliphatic carboxylic acids is 1. The van der Waals surface area contributed by atoms with Crippen LogP contribution in [0.15, 0.2) is 48.5 Å². The Morgan fingerprint density at radius 1 is 1.11 bits per heavy atom. The molecule has 27 heavy (non-hydrogen) atoms. The van der Waals surface area contributed by atoms with Crippen LogP contribution in [0.5, 0.6) is 11.5 Å². The van der Waals surface area contributed by atoms with Gasteiger partial charge in [0.2, 0.25) is 0 Å². The molecule has 1 amide bonds. The van der Waals surface area contributed by atoms with Crippen molar-refractivity contribution in [2.24, 2.45) is 5.92 Å². The van der Waals surface area contributed by atoms with Gasteiger partial charge in [-0.3, -0.25) is 4.79 Å². The Morgan fingerprint density at radius 3 is 2.41 bits per heavy atom. The van der Waals surface area contributed by atoms with Crippen LogP contribution in [0.4, 0.5) is 0 Å². The summed E-state index contributed by atoms with van der Waals surface area (Å²) in [5.41, 5.74) is 1.10. The highest BCUT2D eigenvalue weighted by Gasteiger charge is 2.23. The molecule has 0 spiro atoms. The number of amides is 1. The highest BCUT2D eigenvalue weighted by atomic mass is 16.5. The van der Waals surface area contributed by atoms with Crippen molar-refractivity contribution in [3.8, 4) is 11.5 Å². The van der Waals surface area contributed by atoms with Crippen molar-refractivity contribution in [1.29, 1.82) is 0 Å². The van der Waals surface area contributed by atoms with E-state index in [0.717, 1.165) is 5.56 Å². The van der Waals surface area contributed by atoms with E-state index < -0.39 is 17.9 Å². The Morgan fingerprint density at radius 2 is 1.81 bits per heavy atom. The minimum atomic E-state index is -1.09. The topological polar surface area (TPSA) is 84.9 Å². The predicted molar refractivity (Wildman–Crippen MR) is 102 cm³/mol. The number of carbonyl (C=O) groups is 2. The normalized spacial score (nSPS) is 11.7. The fourth-order valence-electron chi connectivity index (χ4n) is 2.48. The van der Waals surface area contributed by atoms with Gasteiger partial charge < -0.3 is 19.9 Å². The van der Waals surface area contributed by atoms with Gasteiger partial charge in [-0.15, -0.1) is 0 Å². The van der Waals surface area contributed by atoms with Gasteiger partial charge in [0.05, 0.1) is 19.3 Å². The average molecular weight is 371 g/mol. The van der Waals surface area contributed by atoms with Crippen LogP contribution in [-0.4, -0.2) is 36.7 Å². The zero-order chi connectivity index (χ0) is 19.8. The summed E-state index contributed by atoms with van der Waals surface area (Å²) in [6, 6.07) is 13.0. The summed E-state index contributed by atoms with van der Waals surface area (Å²) in [6.45, 7) is 4.43. The number of nitrogens with one attached hydrogen (secondary N) is 1. The van der Waals surface area contributed by atoms with Gasteiger partial charge in [0.25, 0.3) is 5.91 Å². The van der Waals surface area contributed by atoms with Gasteiger partial charge >= 0.3 is 5.97 Å². The SMILES string of the molecule is COc1ccc(C(=O)NC(Cc2ccccc2)C(=O)O)c(OCC(C)C)c1. The lowest BCUT2D eigenvalue weighted by Gasteiger charge is -2.17. The molecule has 1 unspecified atom stereocenters. The number of methoxy groups -OCH3 is 1. The van der Waals surface area contributed by atoms with Crippen LogP contribution in [0.1, 0.15) is 29.8 Å². The van der Waals surface area contributed by atoms with E-state index in [2.05, 4.69) is 5.32 Å². The Labute approximate surface area is 159 Å². The van der Waals surface area contributed by atoms with Crippen molar-refractivity contribution in [3.63, 3.8) is 0 Å². The van der Waals surface area contributed by atoms with E-state index >= 15 is 0 Å². The second kappa shape index (κ2) is 9.62. The van der Waals surface area contributed by atoms with E-state index in [-0.39, 0.29) is 17.9 Å². The second-order valence-electron chi connectivity index (χ2n) is 6.62. The van der Waals surface area contributed by atoms with Crippen LogP contribution < -0.4 is 14.8 Å². The Kier molecular flexibility index (Phi) is 7.23. The molecule has 0 aliphatic carbocycles. The third-order valence-corrected chi connectivity index (χ3v) is 3.89. The number of hydrogen-bond donors (Lipinski definition) is 2. The molecule has 0 saturated heterocycles. The minimum absolute atomic E-state index is 0.195. The first kappa shape index (κ1) is 20.3. The lowest BCUT2D eigenvalue weighted by atomic mass is 10.1. The van der Waals surface area contributed by atoms with Crippen molar-refractivity contribution < 1.29 is 24.2 Å². The molecule has 0 radical (unpaired) electrons. The van der Waals surface area contributed by atoms with Crippen molar-refractivity contribution in [2.75, 3.05) is 13.7 Å².